The highest BCUT2D eigenvalue weighted by Crippen LogP contribution is 2.23. The molecule has 34 heteroatoms. The van der Waals surface area contributed by atoms with E-state index >= 15 is 9.59 Å². The van der Waals surface area contributed by atoms with E-state index in [2.05, 4.69) is 78.8 Å². The van der Waals surface area contributed by atoms with Gasteiger partial charge < -0.3 is 85.3 Å². The maximum atomic E-state index is 15.2. The number of amides is 13. The second-order valence-electron chi connectivity index (χ2n) is 28.0. The molecule has 4 heterocycles. The number of nitrogens with zero attached hydrogens (tertiary/aromatic N) is 4. The molecule has 10 atom stereocenters. The number of carbonyl (C=O) groups is 13. The molecule has 0 spiro atoms. The minimum Gasteiger partial charge on any atom is -0.394 e. The Morgan fingerprint density at radius 1 is 0.504 bits per heavy atom. The quantitative estimate of drug-likeness (QED) is 0.0145. The van der Waals surface area contributed by atoms with Crippen LogP contribution in [0, 0.1) is 11.3 Å². The van der Waals surface area contributed by atoms with Crippen LogP contribution in [0.1, 0.15) is 136 Å². The van der Waals surface area contributed by atoms with Crippen LogP contribution in [0.4, 0.5) is 0 Å². The maximum Gasteiger partial charge on any atom is 0.269 e. The summed E-state index contributed by atoms with van der Waals surface area (Å²) in [5.41, 5.74) is 13.0. The Balaban J connectivity index is 1.16. The fourth-order valence-electron chi connectivity index (χ4n) is 12.6. The van der Waals surface area contributed by atoms with E-state index in [1.807, 2.05) is 56.3 Å². The molecule has 33 nitrogen and oxygen atoms in total. The number of guanidine groups is 1. The fourth-order valence-corrected chi connectivity index (χ4v) is 12.8. The molecule has 6 aromatic rings. The zero-order valence-corrected chi connectivity index (χ0v) is 64.4. The summed E-state index contributed by atoms with van der Waals surface area (Å²) in [4.78, 5) is 197. The molecular formula is C79H102ClN19O14. The normalized spacial score (nSPS) is 14.8. The summed E-state index contributed by atoms with van der Waals surface area (Å²) < 4.78 is 0. The van der Waals surface area contributed by atoms with Crippen molar-refractivity contribution in [1.82, 2.24) is 83.7 Å². The average molecular weight is 1580 g/mol. The van der Waals surface area contributed by atoms with Crippen molar-refractivity contribution in [2.45, 2.75) is 178 Å². The van der Waals surface area contributed by atoms with Gasteiger partial charge in [-0.3, -0.25) is 82.7 Å². The van der Waals surface area contributed by atoms with E-state index in [0.29, 0.717) is 28.1 Å². The summed E-state index contributed by atoms with van der Waals surface area (Å²) in [5, 5.41) is 53.4. The molecule has 1 saturated heterocycles. The van der Waals surface area contributed by atoms with Crippen LogP contribution in [-0.4, -0.2) is 201 Å². The average Bonchev–Trinajstić information content (AvgIpc) is 1.63. The lowest BCUT2D eigenvalue weighted by molar-refractivity contribution is -0.142. The van der Waals surface area contributed by atoms with Crippen LogP contribution < -0.4 is 75.3 Å². The monoisotopic (exact) mass is 1580 g/mol. The van der Waals surface area contributed by atoms with Crippen LogP contribution in [0.15, 0.2) is 140 Å². The summed E-state index contributed by atoms with van der Waals surface area (Å²) in [5.74, 6) is -10.6. The number of benzene rings is 3. The standard InChI is InChI=1S/C79H102ClN19O14/c1-47(2)40-64(78(113)99-39-17-26-66(99)77(112)90-48(3)67(81)102)97-72(107)60(25-16-38-89-79(82)83)93-70(105)58(23-9-13-36-87-68(103)56-21-7-11-34-85-56)92-71(106)59(24-10-14-37-88-69(104)57-22-8-12-35-86-57)94-76(111)65(46-100)98-75(110)63(44-52-18-15-33-84-45-52)96-74(109)62(42-50-28-31-55(80)32-29-50)95-73(108)61(91-49(4)101)43-51-27-30-53-19-5-6-20-54(53)41-51/h5-8,11-12,15,18-22,27-35,41,45,47-48,58-66,100H,9-10,13-14,16-17,23-26,36-40,42-44,46H2,1-4H3,(H2,81,102)(H,87,103)(H,88,104)(H,90,112)(H,91,101)(H,92,106)(H,93,105)(H,94,111)(H,95,108)(H,96,109)(H,97,107)(H,98,110)(H4,82,83,89)/t48-,58-,59+,60+,61-,62-,63-,64+,65+,66+/m1/s1. The minimum absolute atomic E-state index is 0.0190. The predicted molar refractivity (Wildman–Crippen MR) is 420 cm³/mol. The van der Waals surface area contributed by atoms with Gasteiger partial charge in [-0.05, 0) is 153 Å². The Bertz CT molecular complexity index is 4240. The van der Waals surface area contributed by atoms with Gasteiger partial charge in [0.1, 0.15) is 71.8 Å². The van der Waals surface area contributed by atoms with Gasteiger partial charge >= 0.3 is 0 Å². The highest BCUT2D eigenvalue weighted by molar-refractivity contribution is 6.30. The molecule has 1 fully saturated rings. The lowest BCUT2D eigenvalue weighted by Crippen LogP contribution is -2.61. The summed E-state index contributed by atoms with van der Waals surface area (Å²) in [6, 6.07) is 18.5. The number of primary amides is 1. The molecule has 1 aliphatic heterocycles. The van der Waals surface area contributed by atoms with E-state index in [-0.39, 0.29) is 133 Å². The fraction of sp³-hybridized carbons (Fsp3) is 0.430. The molecule has 7 rings (SSSR count). The second-order valence-corrected chi connectivity index (χ2v) is 28.4. The highest BCUT2D eigenvalue weighted by Gasteiger charge is 2.41. The van der Waals surface area contributed by atoms with E-state index in [1.54, 1.807) is 60.7 Å². The van der Waals surface area contributed by atoms with Crippen molar-refractivity contribution >= 4 is 105 Å². The van der Waals surface area contributed by atoms with Crippen LogP contribution in [0.2, 0.25) is 5.02 Å². The topological polar surface area (TPSA) is 504 Å². The number of hydrogen-bond donors (Lipinski definition) is 16. The second kappa shape index (κ2) is 45.4. The van der Waals surface area contributed by atoms with Gasteiger partial charge in [0.05, 0.1) is 6.61 Å². The molecular weight excluding hydrogens is 1470 g/mol. The van der Waals surface area contributed by atoms with E-state index in [9.17, 15) is 57.8 Å². The molecule has 0 saturated carbocycles. The van der Waals surface area contributed by atoms with Crippen molar-refractivity contribution in [2.75, 3.05) is 32.8 Å². The van der Waals surface area contributed by atoms with Gasteiger partial charge in [0.25, 0.3) is 11.8 Å². The number of fused-ring (bicyclic) bond motifs is 1. The SMILES string of the molecule is CC(=O)N[C@H](Cc1ccc2ccccc2c1)C(=O)N[C@H](Cc1ccc(Cl)cc1)C(=O)N[C@H](Cc1cccnc1)C(=O)N[C@@H](CO)C(=O)N[C@@H](CCCCNC(=O)c1ccccn1)C(=O)N[C@H](CCCCNC(=O)c1ccccn1)C(=O)N[C@@H](CCCNC(=N)N)C(=O)N[C@@H](CC(C)C)C(=O)N1CCC[C@H]1C(=O)N[C@H](C)C(N)=O. The van der Waals surface area contributed by atoms with Crippen molar-refractivity contribution in [3.63, 3.8) is 0 Å². The third-order valence-electron chi connectivity index (χ3n) is 18.6. The first-order valence-corrected chi connectivity index (χ1v) is 38.0. The first-order valence-electron chi connectivity index (χ1n) is 37.6. The number of pyridine rings is 3. The number of halogens is 1. The first kappa shape index (κ1) is 88.2. The van der Waals surface area contributed by atoms with Crippen LogP contribution >= 0.6 is 11.6 Å². The zero-order chi connectivity index (χ0) is 81.9. The van der Waals surface area contributed by atoms with Crippen LogP contribution in [0.25, 0.3) is 10.8 Å². The van der Waals surface area contributed by atoms with Crippen LogP contribution in [-0.2, 0) is 72.0 Å². The lowest BCUT2D eigenvalue weighted by Gasteiger charge is -2.31. The summed E-state index contributed by atoms with van der Waals surface area (Å²) in [7, 11) is 0. The van der Waals surface area contributed by atoms with Crippen LogP contribution in [0.3, 0.4) is 0 Å². The van der Waals surface area contributed by atoms with Crippen LogP contribution in [0.5, 0.6) is 0 Å². The van der Waals surface area contributed by atoms with Gasteiger partial charge in [0, 0.05) is 82.2 Å². The number of hydrogen-bond acceptors (Lipinski definition) is 18. The van der Waals surface area contributed by atoms with Gasteiger partial charge in [-0.1, -0.05) is 98.2 Å². The molecule has 113 heavy (non-hydrogen) atoms. The number of aromatic nitrogens is 3. The highest BCUT2D eigenvalue weighted by atomic mass is 35.5. The third kappa shape index (κ3) is 29.3. The molecule has 3 aromatic heterocycles. The van der Waals surface area contributed by atoms with E-state index in [0.717, 1.165) is 10.8 Å². The third-order valence-corrected chi connectivity index (χ3v) is 18.8. The number of nitrogens with two attached hydrogens (primary N) is 2. The molecule has 0 unspecified atom stereocenters. The lowest BCUT2D eigenvalue weighted by atomic mass is 9.99. The molecule has 13 amide bonds. The van der Waals surface area contributed by atoms with Crippen molar-refractivity contribution in [2.24, 2.45) is 17.4 Å². The molecule has 3 aromatic carbocycles. The predicted octanol–water partition coefficient (Wildman–Crippen LogP) is 1.09. The van der Waals surface area contributed by atoms with E-state index in [4.69, 9.17) is 28.5 Å². The molecule has 18 N–H and O–H groups in total. The molecule has 604 valence electrons. The Labute approximate surface area is 659 Å². The Morgan fingerprint density at radius 2 is 0.973 bits per heavy atom. The number of carbonyl (C=O) groups excluding carboxylic acids is 13. The van der Waals surface area contributed by atoms with Crippen molar-refractivity contribution in [3.05, 3.63) is 173 Å². The number of nitrogens with one attached hydrogen (secondary N) is 13. The summed E-state index contributed by atoms with van der Waals surface area (Å²) in [6.07, 6.45) is 6.43. The molecule has 0 aliphatic carbocycles. The molecule has 0 radical (unpaired) electrons. The van der Waals surface area contributed by atoms with Gasteiger partial charge in [0.15, 0.2) is 5.96 Å². The largest absolute Gasteiger partial charge is 0.394 e. The minimum atomic E-state index is -1.86. The molecule has 0 bridgehead atoms. The summed E-state index contributed by atoms with van der Waals surface area (Å²) in [6.45, 7) is 5.51. The number of unbranched alkanes of at least 4 members (excludes halogenated alkanes) is 2. The number of aliphatic hydroxyl groups excluding tert-OH is 1. The van der Waals surface area contributed by atoms with Crippen molar-refractivity contribution in [3.8, 4) is 0 Å². The Kier molecular flexibility index (Phi) is 35.4. The maximum absolute atomic E-state index is 15.2. The van der Waals surface area contributed by atoms with Gasteiger partial charge in [0.2, 0.25) is 65.0 Å². The first-order chi connectivity index (χ1) is 54.2. The van der Waals surface area contributed by atoms with Gasteiger partial charge in [-0.15, -0.1) is 0 Å². The smallest absolute Gasteiger partial charge is 0.269 e. The van der Waals surface area contributed by atoms with Gasteiger partial charge in [-0.2, -0.15) is 0 Å². The zero-order valence-electron chi connectivity index (χ0n) is 63.6. The summed E-state index contributed by atoms with van der Waals surface area (Å²) >= 11 is 6.26. The molecule has 1 aliphatic rings. The van der Waals surface area contributed by atoms with Crippen molar-refractivity contribution < 1.29 is 67.4 Å². The number of aliphatic hydroxyl groups is 1. The van der Waals surface area contributed by atoms with E-state index in [1.165, 1.54) is 55.7 Å². The number of rotatable bonds is 44. The number of likely N-dealkylation sites (tertiary alicyclic amines) is 1. The Morgan fingerprint density at radius 3 is 1.48 bits per heavy atom. The van der Waals surface area contributed by atoms with E-state index < -0.39 is 144 Å². The van der Waals surface area contributed by atoms with Gasteiger partial charge in [-0.25, -0.2) is 0 Å². The van der Waals surface area contributed by atoms with Crippen molar-refractivity contribution in [1.29, 1.82) is 5.41 Å². The Hall–Kier alpha value is -12.0.